The summed E-state index contributed by atoms with van der Waals surface area (Å²) in [4.78, 5) is 28.7. The number of hydrogen-bond acceptors (Lipinski definition) is 4. The quantitative estimate of drug-likeness (QED) is 0.553. The van der Waals surface area contributed by atoms with Gasteiger partial charge in [0.2, 0.25) is 5.91 Å². The van der Waals surface area contributed by atoms with E-state index in [4.69, 9.17) is 23.2 Å². The first-order chi connectivity index (χ1) is 16.3. The van der Waals surface area contributed by atoms with E-state index in [-0.39, 0.29) is 17.9 Å². The highest BCUT2D eigenvalue weighted by molar-refractivity contribution is 6.30. The van der Waals surface area contributed by atoms with Crippen molar-refractivity contribution in [3.8, 4) is 16.9 Å². The van der Waals surface area contributed by atoms with E-state index in [2.05, 4.69) is 15.3 Å². The molecule has 1 saturated heterocycles. The Kier molecular flexibility index (Phi) is 7.56. The molecule has 7 nitrogen and oxygen atoms in total. The van der Waals surface area contributed by atoms with Gasteiger partial charge in [-0.3, -0.25) is 14.5 Å². The summed E-state index contributed by atoms with van der Waals surface area (Å²) in [6.07, 6.45) is 0. The standard InChI is InChI=1S/C25H27Cl2N5O2/c1-17(16-30-11-13-31(14-12-30)18(2)33)28-25(34)23-15-24(19-3-5-20(26)6-4-19)32(29-23)22-9-7-21(27)8-10-22/h3-10,15,17H,11-14,16H2,1-2H3,(H,28,34). The van der Waals surface area contributed by atoms with Gasteiger partial charge in [-0.05, 0) is 49.4 Å². The van der Waals surface area contributed by atoms with Crippen molar-refractivity contribution in [2.45, 2.75) is 19.9 Å². The first-order valence-corrected chi connectivity index (χ1v) is 12.0. The summed E-state index contributed by atoms with van der Waals surface area (Å²) >= 11 is 12.1. The monoisotopic (exact) mass is 499 g/mol. The Balaban J connectivity index is 1.50. The van der Waals surface area contributed by atoms with Gasteiger partial charge in [0.05, 0.1) is 11.4 Å². The molecule has 2 heterocycles. The molecule has 1 fully saturated rings. The summed E-state index contributed by atoms with van der Waals surface area (Å²) in [6.45, 7) is 7.31. The highest BCUT2D eigenvalue weighted by atomic mass is 35.5. The summed E-state index contributed by atoms with van der Waals surface area (Å²) < 4.78 is 1.74. The second kappa shape index (κ2) is 10.6. The fourth-order valence-electron chi connectivity index (χ4n) is 4.07. The molecule has 0 spiro atoms. The van der Waals surface area contributed by atoms with E-state index in [1.807, 2.05) is 48.2 Å². The summed E-state index contributed by atoms with van der Waals surface area (Å²) in [7, 11) is 0. The summed E-state index contributed by atoms with van der Waals surface area (Å²) in [5, 5.41) is 8.93. The fourth-order valence-corrected chi connectivity index (χ4v) is 4.33. The third-order valence-corrected chi connectivity index (χ3v) is 6.38. The zero-order chi connectivity index (χ0) is 24.2. The number of piperazine rings is 1. The maximum atomic E-state index is 13.1. The predicted molar refractivity (Wildman–Crippen MR) is 135 cm³/mol. The molecule has 1 aliphatic rings. The lowest BCUT2D eigenvalue weighted by Crippen LogP contribution is -2.51. The van der Waals surface area contributed by atoms with Crippen molar-refractivity contribution >= 4 is 35.0 Å². The molecule has 34 heavy (non-hydrogen) atoms. The Hall–Kier alpha value is -2.87. The molecule has 2 aromatic carbocycles. The highest BCUT2D eigenvalue weighted by Gasteiger charge is 2.22. The Morgan fingerprint density at radius 1 is 0.971 bits per heavy atom. The minimum atomic E-state index is -0.238. The highest BCUT2D eigenvalue weighted by Crippen LogP contribution is 2.26. The molecule has 0 aliphatic carbocycles. The van der Waals surface area contributed by atoms with E-state index in [0.717, 1.165) is 30.0 Å². The van der Waals surface area contributed by atoms with Crippen LogP contribution in [0.25, 0.3) is 16.9 Å². The van der Waals surface area contributed by atoms with Crippen LogP contribution in [0.2, 0.25) is 10.0 Å². The molecule has 0 bridgehead atoms. The van der Waals surface area contributed by atoms with Crippen molar-refractivity contribution in [3.05, 3.63) is 70.3 Å². The van der Waals surface area contributed by atoms with Gasteiger partial charge < -0.3 is 10.2 Å². The summed E-state index contributed by atoms with van der Waals surface area (Å²) in [5.74, 6) is -0.133. The average molecular weight is 500 g/mol. The number of hydrogen-bond donors (Lipinski definition) is 1. The number of benzene rings is 2. The Bertz CT molecular complexity index is 1090. The van der Waals surface area contributed by atoms with E-state index >= 15 is 0 Å². The van der Waals surface area contributed by atoms with Crippen molar-refractivity contribution in [2.24, 2.45) is 0 Å². The Labute approximate surface area is 209 Å². The van der Waals surface area contributed by atoms with Gasteiger partial charge in [-0.25, -0.2) is 4.68 Å². The van der Waals surface area contributed by atoms with Crippen molar-refractivity contribution in [2.75, 3.05) is 32.7 Å². The lowest BCUT2D eigenvalue weighted by Gasteiger charge is -2.35. The fraction of sp³-hybridized carbons (Fsp3) is 0.320. The first-order valence-electron chi connectivity index (χ1n) is 11.2. The molecule has 1 aromatic heterocycles. The van der Waals surface area contributed by atoms with Crippen molar-refractivity contribution in [3.63, 3.8) is 0 Å². The third-order valence-electron chi connectivity index (χ3n) is 5.88. The van der Waals surface area contributed by atoms with Gasteiger partial charge in [-0.15, -0.1) is 0 Å². The van der Waals surface area contributed by atoms with Crippen LogP contribution in [-0.2, 0) is 4.79 Å². The van der Waals surface area contributed by atoms with Crippen LogP contribution in [0.5, 0.6) is 0 Å². The van der Waals surface area contributed by atoms with Crippen LogP contribution in [0.15, 0.2) is 54.6 Å². The number of halogens is 2. The number of carbonyl (C=O) groups excluding carboxylic acids is 2. The van der Waals surface area contributed by atoms with Gasteiger partial charge in [0.15, 0.2) is 5.69 Å². The maximum absolute atomic E-state index is 13.1. The lowest BCUT2D eigenvalue weighted by atomic mass is 10.1. The smallest absolute Gasteiger partial charge is 0.272 e. The molecule has 1 aliphatic heterocycles. The SMILES string of the molecule is CC(=O)N1CCN(CC(C)NC(=O)c2cc(-c3ccc(Cl)cc3)n(-c3ccc(Cl)cc3)n2)CC1. The van der Waals surface area contributed by atoms with E-state index in [9.17, 15) is 9.59 Å². The van der Waals surface area contributed by atoms with Crippen LogP contribution in [0.1, 0.15) is 24.3 Å². The van der Waals surface area contributed by atoms with Crippen molar-refractivity contribution < 1.29 is 9.59 Å². The van der Waals surface area contributed by atoms with Gasteiger partial charge >= 0.3 is 0 Å². The van der Waals surface area contributed by atoms with E-state index in [0.29, 0.717) is 35.4 Å². The molecule has 0 saturated carbocycles. The zero-order valence-electron chi connectivity index (χ0n) is 19.2. The van der Waals surface area contributed by atoms with Crippen LogP contribution in [0, 0.1) is 0 Å². The minimum Gasteiger partial charge on any atom is -0.347 e. The molecule has 4 rings (SSSR count). The number of amides is 2. The normalized spacial score (nSPS) is 15.2. The molecule has 9 heteroatoms. The molecule has 1 N–H and O–H groups in total. The van der Waals surface area contributed by atoms with Crippen LogP contribution in [-0.4, -0.2) is 70.2 Å². The predicted octanol–water partition coefficient (Wildman–Crippen LogP) is 4.13. The number of nitrogens with zero attached hydrogens (tertiary/aromatic N) is 4. The summed E-state index contributed by atoms with van der Waals surface area (Å²) in [6, 6.07) is 16.4. The molecular weight excluding hydrogens is 473 g/mol. The number of carbonyl (C=O) groups is 2. The van der Waals surface area contributed by atoms with Crippen LogP contribution >= 0.6 is 23.2 Å². The molecule has 2 amide bonds. The van der Waals surface area contributed by atoms with Gasteiger partial charge in [0.25, 0.3) is 5.91 Å². The molecule has 178 valence electrons. The molecule has 1 unspecified atom stereocenters. The van der Waals surface area contributed by atoms with Crippen LogP contribution in [0.4, 0.5) is 0 Å². The summed E-state index contributed by atoms with van der Waals surface area (Å²) in [5.41, 5.74) is 2.79. The van der Waals surface area contributed by atoms with E-state index < -0.39 is 0 Å². The van der Waals surface area contributed by atoms with Crippen molar-refractivity contribution in [1.82, 2.24) is 24.9 Å². The second-order valence-corrected chi connectivity index (χ2v) is 9.36. The minimum absolute atomic E-state index is 0.0731. The first kappa shape index (κ1) is 24.3. The average Bonchev–Trinajstić information content (AvgIpc) is 3.26. The molecular formula is C25H27Cl2N5O2. The third kappa shape index (κ3) is 5.78. The topological polar surface area (TPSA) is 70.5 Å². The van der Waals surface area contributed by atoms with Gasteiger partial charge in [0, 0.05) is 61.3 Å². The van der Waals surface area contributed by atoms with Gasteiger partial charge in [-0.1, -0.05) is 35.3 Å². The largest absolute Gasteiger partial charge is 0.347 e. The number of rotatable bonds is 6. The number of nitrogens with one attached hydrogen (secondary N) is 1. The Morgan fingerprint density at radius 3 is 2.15 bits per heavy atom. The Morgan fingerprint density at radius 2 is 1.56 bits per heavy atom. The van der Waals surface area contributed by atoms with Crippen LogP contribution < -0.4 is 5.32 Å². The second-order valence-electron chi connectivity index (χ2n) is 8.49. The van der Waals surface area contributed by atoms with Crippen molar-refractivity contribution in [1.29, 1.82) is 0 Å². The molecule has 0 radical (unpaired) electrons. The van der Waals surface area contributed by atoms with Crippen LogP contribution in [0.3, 0.4) is 0 Å². The van der Waals surface area contributed by atoms with E-state index in [1.165, 1.54) is 0 Å². The lowest BCUT2D eigenvalue weighted by molar-refractivity contribution is -0.130. The van der Waals surface area contributed by atoms with Gasteiger partial charge in [0.1, 0.15) is 0 Å². The van der Waals surface area contributed by atoms with E-state index in [1.54, 1.807) is 29.8 Å². The number of aromatic nitrogens is 2. The van der Waals surface area contributed by atoms with Gasteiger partial charge in [-0.2, -0.15) is 5.10 Å². The molecule has 3 aromatic rings. The maximum Gasteiger partial charge on any atom is 0.272 e. The zero-order valence-corrected chi connectivity index (χ0v) is 20.7. The molecule has 1 atom stereocenters.